The summed E-state index contributed by atoms with van der Waals surface area (Å²) in [7, 11) is 0. The van der Waals surface area contributed by atoms with Crippen molar-refractivity contribution in [3.05, 3.63) is 22.2 Å². The van der Waals surface area contributed by atoms with Gasteiger partial charge in [0.05, 0.1) is 18.2 Å². The van der Waals surface area contributed by atoms with Gasteiger partial charge in [-0.05, 0) is 24.5 Å². The standard InChI is InChI=1S/C15H20ClNO4/c1-2-9-10(12(17)4-5-13(18)19)8-11(16)15-14(9)20-6-3-7-21-15/h8,12H,2-7,17H2,1H3,(H,18,19). The average Bonchev–Trinajstić information content (AvgIpc) is 2.70. The average molecular weight is 314 g/mol. The second-order valence-corrected chi connectivity index (χ2v) is 5.43. The van der Waals surface area contributed by atoms with Crippen LogP contribution in [-0.4, -0.2) is 24.3 Å². The number of carbonyl (C=O) groups is 1. The fourth-order valence-corrected chi connectivity index (χ4v) is 2.75. The molecular formula is C15H20ClNO4. The van der Waals surface area contributed by atoms with E-state index in [4.69, 9.17) is 31.9 Å². The van der Waals surface area contributed by atoms with Gasteiger partial charge >= 0.3 is 5.97 Å². The van der Waals surface area contributed by atoms with Crippen LogP contribution in [0.4, 0.5) is 0 Å². The summed E-state index contributed by atoms with van der Waals surface area (Å²) in [6.07, 6.45) is 1.90. The molecule has 0 fully saturated rings. The number of ether oxygens (including phenoxy) is 2. The molecule has 0 saturated heterocycles. The highest BCUT2D eigenvalue weighted by molar-refractivity contribution is 6.32. The summed E-state index contributed by atoms with van der Waals surface area (Å²) in [6.45, 7) is 3.15. The highest BCUT2D eigenvalue weighted by Gasteiger charge is 2.23. The Morgan fingerprint density at radius 1 is 1.43 bits per heavy atom. The summed E-state index contributed by atoms with van der Waals surface area (Å²) in [4.78, 5) is 10.7. The second-order valence-electron chi connectivity index (χ2n) is 5.03. The van der Waals surface area contributed by atoms with Crippen molar-refractivity contribution in [2.24, 2.45) is 5.73 Å². The molecular weight excluding hydrogens is 294 g/mol. The Kier molecular flexibility index (Phi) is 5.31. The Morgan fingerprint density at radius 3 is 2.71 bits per heavy atom. The molecule has 1 atom stereocenters. The van der Waals surface area contributed by atoms with Crippen molar-refractivity contribution in [2.45, 2.75) is 38.6 Å². The lowest BCUT2D eigenvalue weighted by Crippen LogP contribution is -2.15. The van der Waals surface area contributed by atoms with E-state index in [1.165, 1.54) is 0 Å². The minimum absolute atomic E-state index is 0.0242. The first kappa shape index (κ1) is 15.9. The SMILES string of the molecule is CCc1c(C(N)CCC(=O)O)cc(Cl)c2c1OCCCO2. The van der Waals surface area contributed by atoms with Gasteiger partial charge in [-0.25, -0.2) is 0 Å². The molecule has 1 aliphatic rings. The van der Waals surface area contributed by atoms with Crippen LogP contribution in [0.1, 0.15) is 43.4 Å². The van der Waals surface area contributed by atoms with Crippen LogP contribution in [0.25, 0.3) is 0 Å². The third-order valence-corrected chi connectivity index (χ3v) is 3.81. The summed E-state index contributed by atoms with van der Waals surface area (Å²) < 4.78 is 11.4. The summed E-state index contributed by atoms with van der Waals surface area (Å²) in [6, 6.07) is 1.39. The van der Waals surface area contributed by atoms with Gasteiger partial charge in [-0.1, -0.05) is 18.5 Å². The third-order valence-electron chi connectivity index (χ3n) is 3.53. The minimum atomic E-state index is -0.857. The maximum absolute atomic E-state index is 10.7. The van der Waals surface area contributed by atoms with Crippen molar-refractivity contribution in [1.82, 2.24) is 0 Å². The summed E-state index contributed by atoms with van der Waals surface area (Å²) in [5.74, 6) is 0.368. The zero-order valence-corrected chi connectivity index (χ0v) is 12.8. The Morgan fingerprint density at radius 2 is 2.10 bits per heavy atom. The molecule has 1 aromatic carbocycles. The number of benzene rings is 1. The molecule has 1 aliphatic heterocycles. The number of aliphatic carboxylic acids is 1. The van der Waals surface area contributed by atoms with Crippen LogP contribution in [-0.2, 0) is 11.2 Å². The fraction of sp³-hybridized carbons (Fsp3) is 0.533. The van der Waals surface area contributed by atoms with Crippen molar-refractivity contribution < 1.29 is 19.4 Å². The maximum atomic E-state index is 10.7. The molecule has 1 heterocycles. The number of hydrogen-bond acceptors (Lipinski definition) is 4. The zero-order valence-electron chi connectivity index (χ0n) is 12.0. The van der Waals surface area contributed by atoms with Crippen LogP contribution in [0.3, 0.4) is 0 Å². The highest BCUT2D eigenvalue weighted by Crippen LogP contribution is 2.43. The van der Waals surface area contributed by atoms with Gasteiger partial charge in [-0.3, -0.25) is 4.79 Å². The van der Waals surface area contributed by atoms with E-state index in [9.17, 15) is 4.79 Å². The molecule has 1 unspecified atom stereocenters. The molecule has 21 heavy (non-hydrogen) atoms. The number of fused-ring (bicyclic) bond motifs is 1. The molecule has 1 aromatic rings. The monoisotopic (exact) mass is 313 g/mol. The Bertz CT molecular complexity index is 533. The van der Waals surface area contributed by atoms with E-state index < -0.39 is 5.97 Å². The number of hydrogen-bond donors (Lipinski definition) is 2. The molecule has 0 saturated carbocycles. The van der Waals surface area contributed by atoms with E-state index in [2.05, 4.69) is 0 Å². The number of carboxylic acid groups (broad SMARTS) is 1. The van der Waals surface area contributed by atoms with Crippen molar-refractivity contribution in [2.75, 3.05) is 13.2 Å². The van der Waals surface area contributed by atoms with Crippen LogP contribution in [0.2, 0.25) is 5.02 Å². The molecule has 0 amide bonds. The number of rotatable bonds is 5. The molecule has 0 bridgehead atoms. The van der Waals surface area contributed by atoms with Gasteiger partial charge in [0.25, 0.3) is 0 Å². The number of nitrogens with two attached hydrogens (primary N) is 1. The lowest BCUT2D eigenvalue weighted by molar-refractivity contribution is -0.137. The van der Waals surface area contributed by atoms with Gasteiger partial charge in [-0.2, -0.15) is 0 Å². The Balaban J connectivity index is 2.39. The predicted molar refractivity (Wildman–Crippen MR) is 80.2 cm³/mol. The van der Waals surface area contributed by atoms with E-state index >= 15 is 0 Å². The van der Waals surface area contributed by atoms with Crippen molar-refractivity contribution in [3.63, 3.8) is 0 Å². The molecule has 0 spiro atoms. The summed E-state index contributed by atoms with van der Waals surface area (Å²) in [5.41, 5.74) is 7.94. The van der Waals surface area contributed by atoms with E-state index in [1.807, 2.05) is 6.92 Å². The first-order valence-electron chi connectivity index (χ1n) is 7.12. The molecule has 5 nitrogen and oxygen atoms in total. The minimum Gasteiger partial charge on any atom is -0.489 e. The predicted octanol–water partition coefficient (Wildman–Crippen LogP) is 2.93. The van der Waals surface area contributed by atoms with Gasteiger partial charge in [0.1, 0.15) is 0 Å². The van der Waals surface area contributed by atoms with E-state index in [1.54, 1.807) is 6.07 Å². The van der Waals surface area contributed by atoms with Crippen LogP contribution < -0.4 is 15.2 Å². The largest absolute Gasteiger partial charge is 0.489 e. The van der Waals surface area contributed by atoms with Crippen LogP contribution in [0.5, 0.6) is 11.5 Å². The molecule has 0 aromatic heterocycles. The fourth-order valence-electron chi connectivity index (χ4n) is 2.49. The molecule has 3 N–H and O–H groups in total. The van der Waals surface area contributed by atoms with Crippen molar-refractivity contribution >= 4 is 17.6 Å². The normalized spacial score (nSPS) is 15.4. The molecule has 116 valence electrons. The van der Waals surface area contributed by atoms with Crippen molar-refractivity contribution in [1.29, 1.82) is 0 Å². The van der Waals surface area contributed by atoms with Crippen LogP contribution in [0, 0.1) is 0 Å². The molecule has 6 heteroatoms. The Hall–Kier alpha value is -1.46. The Labute approximate surface area is 129 Å². The quantitative estimate of drug-likeness (QED) is 0.873. The summed E-state index contributed by atoms with van der Waals surface area (Å²) in [5, 5.41) is 9.26. The molecule has 2 rings (SSSR count). The van der Waals surface area contributed by atoms with Gasteiger partial charge in [-0.15, -0.1) is 0 Å². The van der Waals surface area contributed by atoms with Gasteiger partial charge in [0.15, 0.2) is 11.5 Å². The smallest absolute Gasteiger partial charge is 0.303 e. The zero-order chi connectivity index (χ0) is 15.4. The third kappa shape index (κ3) is 3.60. The molecule has 0 radical (unpaired) electrons. The first-order valence-corrected chi connectivity index (χ1v) is 7.50. The number of halogens is 1. The topological polar surface area (TPSA) is 81.8 Å². The summed E-state index contributed by atoms with van der Waals surface area (Å²) >= 11 is 6.28. The number of carboxylic acids is 1. The van der Waals surface area contributed by atoms with Gasteiger partial charge in [0, 0.05) is 24.4 Å². The van der Waals surface area contributed by atoms with E-state index in [0.29, 0.717) is 36.2 Å². The second kappa shape index (κ2) is 7.00. The highest BCUT2D eigenvalue weighted by atomic mass is 35.5. The lowest BCUT2D eigenvalue weighted by Gasteiger charge is -2.21. The van der Waals surface area contributed by atoms with Gasteiger partial charge in [0.2, 0.25) is 0 Å². The van der Waals surface area contributed by atoms with E-state index in [0.717, 1.165) is 24.0 Å². The van der Waals surface area contributed by atoms with Crippen LogP contribution in [0.15, 0.2) is 6.07 Å². The first-order chi connectivity index (χ1) is 10.0. The van der Waals surface area contributed by atoms with Crippen molar-refractivity contribution in [3.8, 4) is 11.5 Å². The maximum Gasteiger partial charge on any atom is 0.303 e. The van der Waals surface area contributed by atoms with Crippen LogP contribution >= 0.6 is 11.6 Å². The van der Waals surface area contributed by atoms with Gasteiger partial charge < -0.3 is 20.3 Å². The molecule has 0 aliphatic carbocycles. The van der Waals surface area contributed by atoms with E-state index in [-0.39, 0.29) is 12.5 Å². The lowest BCUT2D eigenvalue weighted by atomic mass is 9.94.